The molecule has 92 valence electrons. The van der Waals surface area contributed by atoms with Gasteiger partial charge in [0.05, 0.1) is 0 Å². The van der Waals surface area contributed by atoms with Gasteiger partial charge in [0.15, 0.2) is 0 Å². The van der Waals surface area contributed by atoms with E-state index < -0.39 is 0 Å². The molecule has 0 aromatic carbocycles. The number of hydrogen-bond acceptors (Lipinski definition) is 0. The molecule has 0 spiro atoms. The Morgan fingerprint density at radius 1 is 0.824 bits per heavy atom. The topological polar surface area (TPSA) is 31.6 Å². The van der Waals surface area contributed by atoms with Crippen molar-refractivity contribution in [3.05, 3.63) is 46.0 Å². The second kappa shape index (κ2) is 4.82. The van der Waals surface area contributed by atoms with Crippen LogP contribution in [0.4, 0.5) is 0 Å². The smallest absolute Gasteiger partial charge is 0.0153 e. The van der Waals surface area contributed by atoms with Crippen LogP contribution in [0.3, 0.4) is 0 Å². The molecule has 17 heavy (non-hydrogen) atoms. The third-order valence-electron chi connectivity index (χ3n) is 3.50. The molecule has 0 radical (unpaired) electrons. The minimum absolute atomic E-state index is 1.03. The molecule has 0 fully saturated rings. The summed E-state index contributed by atoms with van der Waals surface area (Å²) in [6.45, 7) is 8.70. The molecule has 2 nitrogen and oxygen atoms in total. The Labute approximate surface area is 103 Å². The van der Waals surface area contributed by atoms with Gasteiger partial charge in [0.25, 0.3) is 0 Å². The van der Waals surface area contributed by atoms with E-state index >= 15 is 0 Å². The van der Waals surface area contributed by atoms with Gasteiger partial charge in [-0.25, -0.2) is 0 Å². The zero-order valence-corrected chi connectivity index (χ0v) is 11.3. The van der Waals surface area contributed by atoms with Crippen molar-refractivity contribution in [2.24, 2.45) is 0 Å². The third-order valence-corrected chi connectivity index (χ3v) is 3.50. The maximum atomic E-state index is 3.44. The normalized spacial score (nSPS) is 11.1. The van der Waals surface area contributed by atoms with Crippen LogP contribution in [0.5, 0.6) is 0 Å². The number of aromatic nitrogens is 2. The Hall–Kier alpha value is -1.44. The van der Waals surface area contributed by atoms with Gasteiger partial charge in [-0.3, -0.25) is 0 Å². The first-order valence-electron chi connectivity index (χ1n) is 6.48. The average molecular weight is 230 g/mol. The molecule has 0 aliphatic heterocycles. The van der Waals surface area contributed by atoms with E-state index in [1.165, 1.54) is 33.9 Å². The van der Waals surface area contributed by atoms with Gasteiger partial charge in [-0.15, -0.1) is 0 Å². The second-order valence-electron chi connectivity index (χ2n) is 4.77. The monoisotopic (exact) mass is 230 g/mol. The lowest BCUT2D eigenvalue weighted by Crippen LogP contribution is -1.89. The lowest BCUT2D eigenvalue weighted by Gasteiger charge is -1.99. The number of rotatable bonds is 4. The van der Waals surface area contributed by atoms with E-state index in [0.29, 0.717) is 0 Å². The molecule has 0 amide bonds. The van der Waals surface area contributed by atoms with E-state index in [9.17, 15) is 0 Å². The molecule has 2 heterocycles. The van der Waals surface area contributed by atoms with Crippen LogP contribution in [0.15, 0.2) is 12.1 Å². The fourth-order valence-electron chi connectivity index (χ4n) is 2.30. The molecule has 2 aromatic rings. The molecule has 0 saturated carbocycles. The minimum atomic E-state index is 1.03. The Kier molecular flexibility index (Phi) is 3.41. The van der Waals surface area contributed by atoms with E-state index in [1.807, 2.05) is 0 Å². The maximum absolute atomic E-state index is 3.44. The highest BCUT2D eigenvalue weighted by atomic mass is 14.7. The summed E-state index contributed by atoms with van der Waals surface area (Å²) in [5.74, 6) is 0. The van der Waals surface area contributed by atoms with E-state index in [0.717, 1.165) is 19.3 Å². The van der Waals surface area contributed by atoms with Crippen LogP contribution in [-0.2, 0) is 19.3 Å². The second-order valence-corrected chi connectivity index (χ2v) is 4.77. The number of nitrogens with one attached hydrogen (secondary N) is 2. The van der Waals surface area contributed by atoms with Crippen molar-refractivity contribution in [2.45, 2.75) is 47.0 Å². The predicted octanol–water partition coefficient (Wildman–Crippen LogP) is 3.68. The Balaban J connectivity index is 2.24. The lowest BCUT2D eigenvalue weighted by molar-refractivity contribution is 1.04. The van der Waals surface area contributed by atoms with Crippen molar-refractivity contribution < 1.29 is 0 Å². The van der Waals surface area contributed by atoms with Gasteiger partial charge in [0, 0.05) is 29.2 Å². The summed E-state index contributed by atoms with van der Waals surface area (Å²) in [5.41, 5.74) is 8.13. The van der Waals surface area contributed by atoms with Crippen molar-refractivity contribution in [3.63, 3.8) is 0 Å². The fourth-order valence-corrected chi connectivity index (χ4v) is 2.30. The standard InChI is InChI=1S/C15H22N2/c1-5-14-8-12(10(3)16-14)7-13-9-15(6-2)17-11(13)4/h8-9,16-17H,5-7H2,1-4H3. The molecule has 2 N–H and O–H groups in total. The summed E-state index contributed by atoms with van der Waals surface area (Å²) in [6, 6.07) is 4.60. The highest BCUT2D eigenvalue weighted by Crippen LogP contribution is 2.19. The van der Waals surface area contributed by atoms with Gasteiger partial charge in [0.1, 0.15) is 0 Å². The van der Waals surface area contributed by atoms with Gasteiger partial charge in [0.2, 0.25) is 0 Å². The molecule has 0 atom stereocenters. The number of hydrogen-bond donors (Lipinski definition) is 2. The van der Waals surface area contributed by atoms with Gasteiger partial charge in [-0.2, -0.15) is 0 Å². The molecular formula is C15H22N2. The molecule has 0 aliphatic rings. The van der Waals surface area contributed by atoms with Gasteiger partial charge < -0.3 is 9.97 Å². The van der Waals surface area contributed by atoms with Crippen molar-refractivity contribution in [2.75, 3.05) is 0 Å². The SMILES string of the molecule is CCc1cc(Cc2cc(CC)[nH]c2C)c(C)[nH]1. The summed E-state index contributed by atoms with van der Waals surface area (Å²) in [6.07, 6.45) is 3.19. The summed E-state index contributed by atoms with van der Waals surface area (Å²) >= 11 is 0. The quantitative estimate of drug-likeness (QED) is 0.803. The summed E-state index contributed by atoms with van der Waals surface area (Å²) in [7, 11) is 0. The number of aryl methyl sites for hydroxylation is 4. The molecule has 0 bridgehead atoms. The van der Waals surface area contributed by atoms with Crippen molar-refractivity contribution >= 4 is 0 Å². The summed E-state index contributed by atoms with van der Waals surface area (Å²) in [5, 5.41) is 0. The zero-order chi connectivity index (χ0) is 12.4. The Bertz CT molecular complexity index is 457. The highest BCUT2D eigenvalue weighted by molar-refractivity contribution is 5.35. The van der Waals surface area contributed by atoms with Crippen LogP contribution in [0, 0.1) is 13.8 Å². The average Bonchev–Trinajstić information content (AvgIpc) is 2.84. The minimum Gasteiger partial charge on any atom is -0.362 e. The maximum Gasteiger partial charge on any atom is 0.0153 e. The van der Waals surface area contributed by atoms with Crippen molar-refractivity contribution in [1.82, 2.24) is 9.97 Å². The summed E-state index contributed by atoms with van der Waals surface area (Å²) in [4.78, 5) is 6.89. The van der Waals surface area contributed by atoms with Crippen LogP contribution < -0.4 is 0 Å². The Morgan fingerprint density at radius 3 is 1.53 bits per heavy atom. The molecule has 0 unspecified atom stereocenters. The fraction of sp³-hybridized carbons (Fsp3) is 0.467. The highest BCUT2D eigenvalue weighted by Gasteiger charge is 2.08. The van der Waals surface area contributed by atoms with E-state index in [-0.39, 0.29) is 0 Å². The van der Waals surface area contributed by atoms with E-state index in [1.54, 1.807) is 0 Å². The van der Waals surface area contributed by atoms with Crippen LogP contribution in [-0.4, -0.2) is 9.97 Å². The van der Waals surface area contributed by atoms with Crippen LogP contribution >= 0.6 is 0 Å². The largest absolute Gasteiger partial charge is 0.362 e. The van der Waals surface area contributed by atoms with Gasteiger partial charge >= 0.3 is 0 Å². The predicted molar refractivity (Wildman–Crippen MR) is 72.6 cm³/mol. The number of H-pyrrole nitrogens is 2. The Morgan fingerprint density at radius 2 is 1.24 bits per heavy atom. The van der Waals surface area contributed by atoms with Gasteiger partial charge in [-0.1, -0.05) is 13.8 Å². The molecule has 2 rings (SSSR count). The van der Waals surface area contributed by atoms with Gasteiger partial charge in [-0.05, 0) is 49.9 Å². The first-order valence-corrected chi connectivity index (χ1v) is 6.48. The molecule has 0 saturated heterocycles. The van der Waals surface area contributed by atoms with E-state index in [4.69, 9.17) is 0 Å². The van der Waals surface area contributed by atoms with Crippen LogP contribution in [0.1, 0.15) is 47.8 Å². The first-order chi connectivity index (χ1) is 8.13. The summed E-state index contributed by atoms with van der Waals surface area (Å²) < 4.78 is 0. The molecular weight excluding hydrogens is 208 g/mol. The van der Waals surface area contributed by atoms with Crippen molar-refractivity contribution in [3.8, 4) is 0 Å². The third kappa shape index (κ3) is 2.46. The van der Waals surface area contributed by atoms with Crippen LogP contribution in [0.2, 0.25) is 0 Å². The molecule has 0 aliphatic carbocycles. The molecule has 2 heteroatoms. The molecule has 2 aromatic heterocycles. The zero-order valence-electron chi connectivity index (χ0n) is 11.3. The van der Waals surface area contributed by atoms with E-state index in [2.05, 4.69) is 49.8 Å². The van der Waals surface area contributed by atoms with Crippen LogP contribution in [0.25, 0.3) is 0 Å². The number of aromatic amines is 2. The lowest BCUT2D eigenvalue weighted by atomic mass is 10.1. The first kappa shape index (κ1) is 12.0. The van der Waals surface area contributed by atoms with Crippen molar-refractivity contribution in [1.29, 1.82) is 0 Å².